The van der Waals surface area contributed by atoms with Crippen molar-refractivity contribution in [3.63, 3.8) is 0 Å². The molecule has 0 aromatic carbocycles. The molecule has 1 N–H and O–H groups in total. The highest BCUT2D eigenvalue weighted by molar-refractivity contribution is 5.69. The topological polar surface area (TPSA) is 59.0 Å². The van der Waals surface area contributed by atoms with E-state index in [9.17, 15) is 4.79 Å². The van der Waals surface area contributed by atoms with Crippen LogP contribution in [0, 0.1) is 0 Å². The van der Waals surface area contributed by atoms with Gasteiger partial charge in [0, 0.05) is 6.54 Å². The molecule has 104 valence electrons. The molecule has 2 saturated heterocycles. The van der Waals surface area contributed by atoms with E-state index in [0.29, 0.717) is 6.54 Å². The molecule has 0 bridgehead atoms. The van der Waals surface area contributed by atoms with Crippen LogP contribution in [0.4, 0.5) is 4.79 Å². The summed E-state index contributed by atoms with van der Waals surface area (Å²) >= 11 is 0. The van der Waals surface area contributed by atoms with Gasteiger partial charge < -0.3 is 19.5 Å². The molecule has 0 unspecified atom stereocenters. The number of ether oxygens (including phenoxy) is 2. The summed E-state index contributed by atoms with van der Waals surface area (Å²) in [5.41, 5.74) is -0.460. The lowest BCUT2D eigenvalue weighted by molar-refractivity contribution is -0.0877. The zero-order valence-electron chi connectivity index (χ0n) is 11.4. The molecule has 3 atom stereocenters. The third kappa shape index (κ3) is 2.95. The number of carbonyl (C=O) groups excluding carboxylic acids is 1. The second-order valence-electron chi connectivity index (χ2n) is 6.09. The Kier molecular flexibility index (Phi) is 3.82. The number of aliphatic hydroxyl groups excluding tert-OH is 1. The maximum Gasteiger partial charge on any atom is 0.410 e. The second kappa shape index (κ2) is 5.05. The average Bonchev–Trinajstić information content (AvgIpc) is 2.69. The Morgan fingerprint density at radius 2 is 2.11 bits per heavy atom. The van der Waals surface area contributed by atoms with Crippen LogP contribution in [-0.2, 0) is 9.47 Å². The van der Waals surface area contributed by atoms with Crippen LogP contribution in [-0.4, -0.2) is 53.1 Å². The third-order valence-electron chi connectivity index (χ3n) is 3.47. The summed E-state index contributed by atoms with van der Waals surface area (Å²) in [7, 11) is 0. The predicted molar refractivity (Wildman–Crippen MR) is 66.3 cm³/mol. The Bertz CT molecular complexity index is 313. The number of hydrogen-bond acceptors (Lipinski definition) is 4. The molecule has 18 heavy (non-hydrogen) atoms. The zero-order chi connectivity index (χ0) is 13.3. The molecule has 2 aliphatic heterocycles. The van der Waals surface area contributed by atoms with Crippen molar-refractivity contribution >= 4 is 6.09 Å². The maximum absolute atomic E-state index is 12.1. The Morgan fingerprint density at radius 3 is 2.72 bits per heavy atom. The van der Waals surface area contributed by atoms with Crippen molar-refractivity contribution in [3.8, 4) is 0 Å². The molecule has 0 aliphatic carbocycles. The van der Waals surface area contributed by atoms with Gasteiger partial charge in [-0.3, -0.25) is 0 Å². The van der Waals surface area contributed by atoms with E-state index in [1.807, 2.05) is 20.8 Å². The van der Waals surface area contributed by atoms with Crippen LogP contribution >= 0.6 is 0 Å². The first-order valence-corrected chi connectivity index (χ1v) is 6.66. The molecular formula is C13H23NO4. The van der Waals surface area contributed by atoms with Crippen LogP contribution in [0.25, 0.3) is 0 Å². The van der Waals surface area contributed by atoms with Crippen molar-refractivity contribution in [3.05, 3.63) is 0 Å². The molecule has 0 radical (unpaired) electrons. The van der Waals surface area contributed by atoms with E-state index in [0.717, 1.165) is 19.3 Å². The number of likely N-dealkylation sites (tertiary alicyclic amines) is 1. The maximum atomic E-state index is 12.1. The van der Waals surface area contributed by atoms with Gasteiger partial charge in [-0.2, -0.15) is 0 Å². The van der Waals surface area contributed by atoms with Gasteiger partial charge >= 0.3 is 6.09 Å². The summed E-state index contributed by atoms with van der Waals surface area (Å²) in [6.45, 7) is 6.37. The van der Waals surface area contributed by atoms with Gasteiger partial charge in [0.25, 0.3) is 0 Å². The van der Waals surface area contributed by atoms with Gasteiger partial charge in [0.2, 0.25) is 0 Å². The predicted octanol–water partition coefficient (Wildman–Crippen LogP) is 1.54. The largest absolute Gasteiger partial charge is 0.444 e. The highest BCUT2D eigenvalue weighted by Crippen LogP contribution is 2.32. The van der Waals surface area contributed by atoms with Crippen LogP contribution in [0.15, 0.2) is 0 Å². The Hall–Kier alpha value is -0.810. The number of nitrogens with zero attached hydrogens (tertiary/aromatic N) is 1. The van der Waals surface area contributed by atoms with Gasteiger partial charge in [-0.15, -0.1) is 0 Å². The van der Waals surface area contributed by atoms with E-state index in [-0.39, 0.29) is 30.9 Å². The van der Waals surface area contributed by atoms with Crippen LogP contribution in [0.5, 0.6) is 0 Å². The summed E-state index contributed by atoms with van der Waals surface area (Å²) in [5.74, 6) is 0. The first kappa shape index (κ1) is 13.6. The third-order valence-corrected chi connectivity index (χ3v) is 3.47. The number of rotatable bonds is 1. The van der Waals surface area contributed by atoms with Crippen LogP contribution in [0.2, 0.25) is 0 Å². The van der Waals surface area contributed by atoms with Crippen LogP contribution < -0.4 is 0 Å². The molecule has 2 aliphatic rings. The molecule has 0 aromatic heterocycles. The van der Waals surface area contributed by atoms with E-state index in [1.165, 1.54) is 0 Å². The molecule has 1 amide bonds. The highest BCUT2D eigenvalue weighted by Gasteiger charge is 2.43. The Balaban J connectivity index is 1.95. The summed E-state index contributed by atoms with van der Waals surface area (Å²) in [6.07, 6.45) is 2.27. The fourth-order valence-electron chi connectivity index (χ4n) is 2.68. The smallest absolute Gasteiger partial charge is 0.410 e. The molecule has 0 aromatic rings. The van der Waals surface area contributed by atoms with E-state index >= 15 is 0 Å². The molecule has 2 rings (SSSR count). The van der Waals surface area contributed by atoms with Crippen LogP contribution in [0.1, 0.15) is 40.0 Å². The van der Waals surface area contributed by atoms with Gasteiger partial charge in [0.1, 0.15) is 5.60 Å². The van der Waals surface area contributed by atoms with Gasteiger partial charge in [-0.05, 0) is 40.0 Å². The number of amides is 1. The Labute approximate surface area is 108 Å². The summed E-state index contributed by atoms with van der Waals surface area (Å²) in [5, 5.41) is 9.11. The molecule has 0 saturated carbocycles. The number of carbonyl (C=O) groups is 1. The lowest BCUT2D eigenvalue weighted by Crippen LogP contribution is -2.47. The summed E-state index contributed by atoms with van der Waals surface area (Å²) in [4.78, 5) is 13.8. The van der Waals surface area contributed by atoms with E-state index in [2.05, 4.69) is 0 Å². The normalized spacial score (nSPS) is 32.2. The van der Waals surface area contributed by atoms with E-state index in [1.54, 1.807) is 4.90 Å². The van der Waals surface area contributed by atoms with Gasteiger partial charge in [0.15, 0.2) is 0 Å². The quantitative estimate of drug-likeness (QED) is 0.774. The minimum atomic E-state index is -0.460. The van der Waals surface area contributed by atoms with Gasteiger partial charge in [-0.1, -0.05) is 0 Å². The molecule has 0 spiro atoms. The van der Waals surface area contributed by atoms with Crippen molar-refractivity contribution in [2.75, 3.05) is 13.2 Å². The monoisotopic (exact) mass is 257 g/mol. The van der Waals surface area contributed by atoms with Crippen molar-refractivity contribution in [1.82, 2.24) is 4.90 Å². The molecule has 5 nitrogen and oxygen atoms in total. The molecule has 2 heterocycles. The highest BCUT2D eigenvalue weighted by atomic mass is 16.6. The first-order valence-electron chi connectivity index (χ1n) is 6.66. The number of aliphatic hydroxyl groups is 1. The zero-order valence-corrected chi connectivity index (χ0v) is 11.4. The number of fused-ring (bicyclic) bond motifs is 1. The van der Waals surface area contributed by atoms with Crippen molar-refractivity contribution < 1.29 is 19.4 Å². The van der Waals surface area contributed by atoms with Gasteiger partial charge in [-0.25, -0.2) is 4.79 Å². The lowest BCUT2D eigenvalue weighted by atomic mass is 9.99. The lowest BCUT2D eigenvalue weighted by Gasteiger charge is -2.35. The first-order chi connectivity index (χ1) is 8.40. The minimum absolute atomic E-state index is 0.0587. The number of hydrogen-bond donors (Lipinski definition) is 1. The van der Waals surface area contributed by atoms with E-state index < -0.39 is 5.60 Å². The fraction of sp³-hybridized carbons (Fsp3) is 0.923. The van der Waals surface area contributed by atoms with Crippen molar-refractivity contribution in [2.24, 2.45) is 0 Å². The van der Waals surface area contributed by atoms with Gasteiger partial charge in [0.05, 0.1) is 24.9 Å². The summed E-state index contributed by atoms with van der Waals surface area (Å²) in [6, 6.07) is 0.114. The standard InChI is InChI=1S/C13H23NO4/c1-13(2,3)18-12(16)14-7-6-11-10(14)5-4-9(8-15)17-11/h9-11,15H,4-8H2,1-3H3/t9-,10-,11-/m1/s1. The van der Waals surface area contributed by atoms with Crippen LogP contribution in [0.3, 0.4) is 0 Å². The average molecular weight is 257 g/mol. The van der Waals surface area contributed by atoms with Crippen molar-refractivity contribution in [2.45, 2.75) is 63.9 Å². The second-order valence-corrected chi connectivity index (χ2v) is 6.09. The molecule has 5 heteroatoms. The summed E-state index contributed by atoms with van der Waals surface area (Å²) < 4.78 is 11.2. The molecule has 2 fully saturated rings. The van der Waals surface area contributed by atoms with E-state index in [4.69, 9.17) is 14.6 Å². The molecular weight excluding hydrogens is 234 g/mol. The SMILES string of the molecule is CC(C)(C)OC(=O)N1CC[C@H]2O[C@@H](CO)CC[C@H]21. The Morgan fingerprint density at radius 1 is 1.39 bits per heavy atom. The van der Waals surface area contributed by atoms with Crippen molar-refractivity contribution in [1.29, 1.82) is 0 Å². The fourth-order valence-corrected chi connectivity index (χ4v) is 2.68. The minimum Gasteiger partial charge on any atom is -0.444 e.